The van der Waals surface area contributed by atoms with Crippen LogP contribution < -0.4 is 9.05 Å². The van der Waals surface area contributed by atoms with Crippen LogP contribution in [0.15, 0.2) is 89.8 Å². The standard InChI is InChI=1S/C19H16ClO6PS/c20-16-11-13-19(14-12-16)28(22,23)24-15-27(21,25-17-7-3-1-4-8-17)26-18-9-5-2-6-10-18/h1-14H,15H2. The van der Waals surface area contributed by atoms with Gasteiger partial charge in [-0.15, -0.1) is 0 Å². The lowest BCUT2D eigenvalue weighted by Gasteiger charge is -2.20. The molecule has 6 nitrogen and oxygen atoms in total. The first-order valence-electron chi connectivity index (χ1n) is 8.10. The van der Waals surface area contributed by atoms with Crippen LogP contribution in [0.4, 0.5) is 0 Å². The molecule has 0 aliphatic heterocycles. The lowest BCUT2D eigenvalue weighted by Crippen LogP contribution is -2.13. The van der Waals surface area contributed by atoms with Gasteiger partial charge in [0.1, 0.15) is 11.5 Å². The lowest BCUT2D eigenvalue weighted by molar-refractivity contribution is 0.310. The molecule has 0 aromatic heterocycles. The van der Waals surface area contributed by atoms with Crippen molar-refractivity contribution in [1.82, 2.24) is 0 Å². The van der Waals surface area contributed by atoms with Crippen LogP contribution in [0.25, 0.3) is 0 Å². The van der Waals surface area contributed by atoms with E-state index >= 15 is 0 Å². The van der Waals surface area contributed by atoms with Gasteiger partial charge in [-0.1, -0.05) is 48.0 Å². The maximum Gasteiger partial charge on any atom is 0.457 e. The van der Waals surface area contributed by atoms with Gasteiger partial charge >= 0.3 is 7.60 Å². The highest BCUT2D eigenvalue weighted by Crippen LogP contribution is 2.49. The van der Waals surface area contributed by atoms with E-state index in [1.54, 1.807) is 60.7 Å². The number of benzene rings is 3. The van der Waals surface area contributed by atoms with Gasteiger partial charge in [-0.3, -0.25) is 4.18 Å². The number of para-hydroxylation sites is 2. The van der Waals surface area contributed by atoms with E-state index in [4.69, 9.17) is 24.8 Å². The highest BCUT2D eigenvalue weighted by atomic mass is 35.5. The molecule has 9 heteroatoms. The number of hydrogen-bond donors (Lipinski definition) is 0. The highest BCUT2D eigenvalue weighted by Gasteiger charge is 2.32. The molecule has 0 aliphatic carbocycles. The quantitative estimate of drug-likeness (QED) is 0.348. The van der Waals surface area contributed by atoms with Crippen molar-refractivity contribution in [1.29, 1.82) is 0 Å². The van der Waals surface area contributed by atoms with Gasteiger partial charge in [0.2, 0.25) is 0 Å². The van der Waals surface area contributed by atoms with E-state index in [-0.39, 0.29) is 16.4 Å². The van der Waals surface area contributed by atoms with Crippen LogP contribution in [0.5, 0.6) is 11.5 Å². The highest BCUT2D eigenvalue weighted by molar-refractivity contribution is 7.87. The van der Waals surface area contributed by atoms with Crippen molar-refractivity contribution in [2.24, 2.45) is 0 Å². The molecular formula is C19H16ClO6PS. The summed E-state index contributed by atoms with van der Waals surface area (Å²) >= 11 is 5.77. The van der Waals surface area contributed by atoms with Crippen molar-refractivity contribution in [3.8, 4) is 11.5 Å². The molecule has 0 N–H and O–H groups in total. The van der Waals surface area contributed by atoms with Crippen LogP contribution in [-0.4, -0.2) is 14.8 Å². The first kappa shape index (κ1) is 20.4. The van der Waals surface area contributed by atoms with E-state index in [1.807, 2.05) is 0 Å². The molecule has 0 atom stereocenters. The summed E-state index contributed by atoms with van der Waals surface area (Å²) in [6.45, 7) is 0. The van der Waals surface area contributed by atoms with E-state index in [1.165, 1.54) is 24.3 Å². The van der Waals surface area contributed by atoms with Gasteiger partial charge in [0.15, 0.2) is 6.35 Å². The third-order valence-electron chi connectivity index (χ3n) is 3.44. The van der Waals surface area contributed by atoms with Crippen LogP contribution >= 0.6 is 19.2 Å². The average molecular weight is 439 g/mol. The summed E-state index contributed by atoms with van der Waals surface area (Å²) in [6, 6.07) is 22.0. The summed E-state index contributed by atoms with van der Waals surface area (Å²) in [5.41, 5.74) is 0. The van der Waals surface area contributed by atoms with Gasteiger partial charge in [-0.05, 0) is 48.5 Å². The Bertz CT molecular complexity index is 1010. The Balaban J connectivity index is 1.82. The average Bonchev–Trinajstić information content (AvgIpc) is 2.68. The van der Waals surface area contributed by atoms with Crippen molar-refractivity contribution in [2.45, 2.75) is 4.90 Å². The second kappa shape index (κ2) is 8.80. The fourth-order valence-corrected chi connectivity index (χ4v) is 4.99. The molecule has 3 rings (SSSR count). The molecule has 0 bridgehead atoms. The summed E-state index contributed by atoms with van der Waals surface area (Å²) in [5, 5.41) is 0.379. The van der Waals surface area contributed by atoms with E-state index in [2.05, 4.69) is 0 Å². The van der Waals surface area contributed by atoms with Crippen molar-refractivity contribution >= 4 is 29.3 Å². The Morgan fingerprint density at radius 1 is 0.750 bits per heavy atom. The molecule has 3 aromatic rings. The summed E-state index contributed by atoms with van der Waals surface area (Å²) in [7, 11) is -8.20. The Morgan fingerprint density at radius 2 is 1.21 bits per heavy atom. The summed E-state index contributed by atoms with van der Waals surface area (Å²) < 4.78 is 54.0. The zero-order chi connectivity index (χ0) is 20.0. The smallest absolute Gasteiger partial charge is 0.415 e. The van der Waals surface area contributed by atoms with Gasteiger partial charge in [-0.25, -0.2) is 4.57 Å². The van der Waals surface area contributed by atoms with Gasteiger partial charge in [0.25, 0.3) is 10.1 Å². The molecule has 0 saturated heterocycles. The van der Waals surface area contributed by atoms with Crippen molar-refractivity contribution < 1.29 is 26.2 Å². The number of hydrogen-bond acceptors (Lipinski definition) is 6. The van der Waals surface area contributed by atoms with E-state index in [0.717, 1.165) is 0 Å². The van der Waals surface area contributed by atoms with E-state index in [0.29, 0.717) is 5.02 Å². The Labute approximate surface area is 168 Å². The second-order valence-corrected chi connectivity index (χ2v) is 9.47. The normalized spacial score (nSPS) is 11.8. The predicted octanol–water partition coefficient (Wildman–Crippen LogP) is 5.35. The molecule has 0 radical (unpaired) electrons. The maximum atomic E-state index is 13.2. The molecule has 146 valence electrons. The Morgan fingerprint density at radius 3 is 1.68 bits per heavy atom. The topological polar surface area (TPSA) is 78.9 Å². The predicted molar refractivity (Wildman–Crippen MR) is 106 cm³/mol. The zero-order valence-electron chi connectivity index (χ0n) is 14.5. The molecule has 0 fully saturated rings. The Hall–Kier alpha value is -2.31. The molecule has 0 spiro atoms. The summed E-state index contributed by atoms with van der Waals surface area (Å²) in [5.74, 6) is 0.517. The molecule has 0 heterocycles. The molecule has 0 saturated carbocycles. The molecule has 0 unspecified atom stereocenters. The number of rotatable bonds is 8. The number of halogens is 1. The molecule has 0 amide bonds. The summed E-state index contributed by atoms with van der Waals surface area (Å²) in [6.07, 6.45) is -0.804. The van der Waals surface area contributed by atoms with Crippen molar-refractivity contribution in [3.05, 3.63) is 90.0 Å². The summed E-state index contributed by atoms with van der Waals surface area (Å²) in [4.78, 5) is -0.122. The van der Waals surface area contributed by atoms with Crippen LogP contribution in [0.2, 0.25) is 5.02 Å². The largest absolute Gasteiger partial charge is 0.457 e. The fraction of sp³-hybridized carbons (Fsp3) is 0.0526. The third-order valence-corrected chi connectivity index (χ3v) is 6.57. The van der Waals surface area contributed by atoms with Crippen LogP contribution in [0.3, 0.4) is 0 Å². The molecular weight excluding hydrogens is 423 g/mol. The zero-order valence-corrected chi connectivity index (χ0v) is 16.9. The minimum absolute atomic E-state index is 0.122. The van der Waals surface area contributed by atoms with Crippen LogP contribution in [-0.2, 0) is 18.9 Å². The lowest BCUT2D eigenvalue weighted by atomic mass is 10.3. The van der Waals surface area contributed by atoms with Gasteiger partial charge in [0.05, 0.1) is 4.90 Å². The van der Waals surface area contributed by atoms with Crippen molar-refractivity contribution in [2.75, 3.05) is 6.35 Å². The van der Waals surface area contributed by atoms with E-state index in [9.17, 15) is 13.0 Å². The fourth-order valence-electron chi connectivity index (χ4n) is 2.16. The van der Waals surface area contributed by atoms with Crippen LogP contribution in [0, 0.1) is 0 Å². The van der Waals surface area contributed by atoms with Gasteiger partial charge < -0.3 is 9.05 Å². The second-order valence-electron chi connectivity index (χ2n) is 5.57. The van der Waals surface area contributed by atoms with E-state index < -0.39 is 24.1 Å². The third kappa shape index (κ3) is 5.59. The van der Waals surface area contributed by atoms with Gasteiger partial charge in [0, 0.05) is 5.02 Å². The molecule has 0 aliphatic rings. The van der Waals surface area contributed by atoms with Gasteiger partial charge in [-0.2, -0.15) is 8.42 Å². The van der Waals surface area contributed by atoms with Crippen molar-refractivity contribution in [3.63, 3.8) is 0 Å². The monoisotopic (exact) mass is 438 g/mol. The minimum Gasteiger partial charge on any atom is -0.415 e. The Kier molecular flexibility index (Phi) is 6.42. The molecule has 28 heavy (non-hydrogen) atoms. The first-order valence-corrected chi connectivity index (χ1v) is 11.6. The maximum absolute atomic E-state index is 13.2. The minimum atomic E-state index is -4.19. The van der Waals surface area contributed by atoms with Crippen LogP contribution in [0.1, 0.15) is 0 Å². The first-order chi connectivity index (χ1) is 13.4. The molecule has 3 aromatic carbocycles. The SMILES string of the molecule is O=P(COS(=O)(=O)c1ccc(Cl)cc1)(Oc1ccccc1)Oc1ccccc1.